The molecular formula is C16H15ClN2O4. The summed E-state index contributed by atoms with van der Waals surface area (Å²) in [7, 11) is 0. The van der Waals surface area contributed by atoms with Crippen LogP contribution in [0.5, 0.6) is 0 Å². The summed E-state index contributed by atoms with van der Waals surface area (Å²) >= 11 is 5.92. The maximum atomic E-state index is 12.3. The molecule has 0 radical (unpaired) electrons. The highest BCUT2D eigenvalue weighted by molar-refractivity contribution is 6.33. The average molecular weight is 335 g/mol. The van der Waals surface area contributed by atoms with Gasteiger partial charge in [-0.05, 0) is 30.4 Å². The maximum absolute atomic E-state index is 12.3. The predicted octanol–water partition coefficient (Wildman–Crippen LogP) is 1.62. The standard InChI is InChI=1S/C16H15ClN2O4/c17-11-4-2-1-3-10(11)14(20)18-19-15(21)12-8-5-6-9(7-8)13(12)16(22)23/h1-6,8-9,12-13H,7H2,(H,18,20)(H,19,21)(H,22,23)/t8-,9-,12+,13+/m0/s1. The van der Waals surface area contributed by atoms with Crippen molar-refractivity contribution in [2.45, 2.75) is 6.42 Å². The van der Waals surface area contributed by atoms with Crippen molar-refractivity contribution in [1.82, 2.24) is 10.9 Å². The molecular weight excluding hydrogens is 320 g/mol. The van der Waals surface area contributed by atoms with Crippen molar-refractivity contribution in [3.63, 3.8) is 0 Å². The molecule has 6 nitrogen and oxygen atoms in total. The van der Waals surface area contributed by atoms with Gasteiger partial charge in [0.2, 0.25) is 5.91 Å². The highest BCUT2D eigenvalue weighted by atomic mass is 35.5. The van der Waals surface area contributed by atoms with E-state index in [0.717, 1.165) is 0 Å². The smallest absolute Gasteiger partial charge is 0.307 e. The van der Waals surface area contributed by atoms with Gasteiger partial charge in [0.15, 0.2) is 0 Å². The number of carbonyl (C=O) groups is 3. The number of carboxylic acids is 1. The first kappa shape index (κ1) is 15.6. The molecule has 3 N–H and O–H groups in total. The van der Waals surface area contributed by atoms with E-state index in [4.69, 9.17) is 11.6 Å². The zero-order chi connectivity index (χ0) is 16.6. The van der Waals surface area contributed by atoms with Crippen molar-refractivity contribution in [2.24, 2.45) is 23.7 Å². The van der Waals surface area contributed by atoms with E-state index in [1.807, 2.05) is 12.2 Å². The van der Waals surface area contributed by atoms with Crippen molar-refractivity contribution in [2.75, 3.05) is 0 Å². The van der Waals surface area contributed by atoms with Crippen molar-refractivity contribution < 1.29 is 19.5 Å². The molecule has 2 aliphatic carbocycles. The van der Waals surface area contributed by atoms with E-state index < -0.39 is 29.6 Å². The highest BCUT2D eigenvalue weighted by Gasteiger charge is 2.51. The second-order valence-electron chi connectivity index (χ2n) is 5.76. The topological polar surface area (TPSA) is 95.5 Å². The minimum Gasteiger partial charge on any atom is -0.481 e. The average Bonchev–Trinajstić information content (AvgIpc) is 3.13. The molecule has 1 aromatic rings. The van der Waals surface area contributed by atoms with Gasteiger partial charge >= 0.3 is 5.97 Å². The molecule has 120 valence electrons. The molecule has 2 amide bonds. The molecule has 0 unspecified atom stereocenters. The number of hydrogen-bond acceptors (Lipinski definition) is 3. The summed E-state index contributed by atoms with van der Waals surface area (Å²) < 4.78 is 0. The number of rotatable bonds is 3. The summed E-state index contributed by atoms with van der Waals surface area (Å²) in [5.74, 6) is -3.66. The Hall–Kier alpha value is -2.34. The molecule has 1 aromatic carbocycles. The fourth-order valence-corrected chi connectivity index (χ4v) is 3.65. The Morgan fingerprint density at radius 3 is 2.35 bits per heavy atom. The van der Waals surface area contributed by atoms with Gasteiger partial charge in [-0.1, -0.05) is 35.9 Å². The van der Waals surface area contributed by atoms with Crippen LogP contribution < -0.4 is 10.9 Å². The van der Waals surface area contributed by atoms with Crippen LogP contribution in [-0.2, 0) is 9.59 Å². The van der Waals surface area contributed by atoms with E-state index in [-0.39, 0.29) is 22.4 Å². The summed E-state index contributed by atoms with van der Waals surface area (Å²) in [6, 6.07) is 6.45. The van der Waals surface area contributed by atoms with Crippen LogP contribution in [0, 0.1) is 23.7 Å². The SMILES string of the molecule is O=C(NNC(=O)[C@H]1[C@H](C(=O)O)[C@H]2C=C[C@H]1C2)c1ccccc1Cl. The molecule has 2 aliphatic rings. The first-order chi connectivity index (χ1) is 11.0. The number of benzene rings is 1. The third kappa shape index (κ3) is 2.82. The second kappa shape index (κ2) is 6.04. The molecule has 0 aliphatic heterocycles. The Morgan fingerprint density at radius 1 is 1.04 bits per heavy atom. The van der Waals surface area contributed by atoms with Crippen LogP contribution in [0.4, 0.5) is 0 Å². The number of carboxylic acid groups (broad SMARTS) is 1. The first-order valence-electron chi connectivity index (χ1n) is 7.25. The molecule has 0 spiro atoms. The molecule has 1 saturated carbocycles. The highest BCUT2D eigenvalue weighted by Crippen LogP contribution is 2.48. The van der Waals surface area contributed by atoms with E-state index >= 15 is 0 Å². The number of amides is 2. The zero-order valence-electron chi connectivity index (χ0n) is 12.0. The molecule has 4 atom stereocenters. The van der Waals surface area contributed by atoms with Gasteiger partial charge in [-0.3, -0.25) is 25.2 Å². The third-order valence-corrected chi connectivity index (χ3v) is 4.79. The molecule has 2 bridgehead atoms. The largest absolute Gasteiger partial charge is 0.481 e. The van der Waals surface area contributed by atoms with Crippen LogP contribution in [0.3, 0.4) is 0 Å². The zero-order valence-corrected chi connectivity index (χ0v) is 12.8. The summed E-state index contributed by atoms with van der Waals surface area (Å²) in [6.45, 7) is 0. The molecule has 0 heterocycles. The molecule has 0 aromatic heterocycles. The van der Waals surface area contributed by atoms with Gasteiger partial charge in [0.05, 0.1) is 22.4 Å². The van der Waals surface area contributed by atoms with Gasteiger partial charge in [0.25, 0.3) is 5.91 Å². The number of carbonyl (C=O) groups excluding carboxylic acids is 2. The number of hydrogen-bond donors (Lipinski definition) is 3. The van der Waals surface area contributed by atoms with Crippen molar-refractivity contribution in [3.05, 3.63) is 47.0 Å². The van der Waals surface area contributed by atoms with Crippen molar-refractivity contribution >= 4 is 29.4 Å². The molecule has 7 heteroatoms. The lowest BCUT2D eigenvalue weighted by molar-refractivity contribution is -0.148. The number of halogens is 1. The summed E-state index contributed by atoms with van der Waals surface area (Å²) in [6.07, 6.45) is 4.40. The Bertz CT molecular complexity index is 703. The normalized spacial score (nSPS) is 27.7. The minimum atomic E-state index is -0.987. The molecule has 1 fully saturated rings. The van der Waals surface area contributed by atoms with Gasteiger partial charge in [-0.15, -0.1) is 0 Å². The minimum absolute atomic E-state index is 0.0988. The Kier molecular flexibility index (Phi) is 4.09. The van der Waals surface area contributed by atoms with Crippen LogP contribution in [0.2, 0.25) is 5.02 Å². The van der Waals surface area contributed by atoms with E-state index in [9.17, 15) is 19.5 Å². The maximum Gasteiger partial charge on any atom is 0.307 e. The van der Waals surface area contributed by atoms with Crippen LogP contribution >= 0.6 is 11.6 Å². The lowest BCUT2D eigenvalue weighted by Gasteiger charge is -2.23. The number of fused-ring (bicyclic) bond motifs is 2. The quantitative estimate of drug-likeness (QED) is 0.578. The van der Waals surface area contributed by atoms with Crippen LogP contribution in [0.25, 0.3) is 0 Å². The fraction of sp³-hybridized carbons (Fsp3) is 0.312. The lowest BCUT2D eigenvalue weighted by Crippen LogP contribution is -2.48. The number of hydrazine groups is 1. The third-order valence-electron chi connectivity index (χ3n) is 4.46. The van der Waals surface area contributed by atoms with Gasteiger partial charge in [0, 0.05) is 0 Å². The summed E-state index contributed by atoms with van der Waals surface area (Å²) in [5.41, 5.74) is 4.85. The van der Waals surface area contributed by atoms with Gasteiger partial charge in [-0.2, -0.15) is 0 Å². The number of aliphatic carboxylic acids is 1. The second-order valence-corrected chi connectivity index (χ2v) is 6.17. The lowest BCUT2D eigenvalue weighted by atomic mass is 9.82. The fourth-order valence-electron chi connectivity index (χ4n) is 3.43. The van der Waals surface area contributed by atoms with E-state index in [2.05, 4.69) is 10.9 Å². The van der Waals surface area contributed by atoms with Crippen molar-refractivity contribution in [1.29, 1.82) is 0 Å². The van der Waals surface area contributed by atoms with Crippen LogP contribution in [0.15, 0.2) is 36.4 Å². The van der Waals surface area contributed by atoms with Gasteiger partial charge in [-0.25, -0.2) is 0 Å². The van der Waals surface area contributed by atoms with E-state index in [1.165, 1.54) is 6.07 Å². The summed E-state index contributed by atoms with van der Waals surface area (Å²) in [4.78, 5) is 35.7. The first-order valence-corrected chi connectivity index (χ1v) is 7.62. The Labute approximate surface area is 137 Å². The number of nitrogens with one attached hydrogen (secondary N) is 2. The summed E-state index contributed by atoms with van der Waals surface area (Å²) in [5, 5.41) is 9.60. The molecule has 3 rings (SSSR count). The van der Waals surface area contributed by atoms with Crippen LogP contribution in [-0.4, -0.2) is 22.9 Å². The monoisotopic (exact) mass is 334 g/mol. The predicted molar refractivity (Wildman–Crippen MR) is 82.4 cm³/mol. The van der Waals surface area contributed by atoms with Gasteiger partial charge in [0.1, 0.15) is 0 Å². The van der Waals surface area contributed by atoms with Crippen molar-refractivity contribution in [3.8, 4) is 0 Å². The van der Waals surface area contributed by atoms with Gasteiger partial charge < -0.3 is 5.11 Å². The van der Waals surface area contributed by atoms with Crippen LogP contribution in [0.1, 0.15) is 16.8 Å². The Morgan fingerprint density at radius 2 is 1.70 bits per heavy atom. The molecule has 0 saturated heterocycles. The number of allylic oxidation sites excluding steroid dienone is 2. The van der Waals surface area contributed by atoms with E-state index in [1.54, 1.807) is 18.2 Å². The van der Waals surface area contributed by atoms with E-state index in [0.29, 0.717) is 6.42 Å². The Balaban J connectivity index is 1.66. The molecule has 23 heavy (non-hydrogen) atoms.